The third-order valence-electron chi connectivity index (χ3n) is 3.11. The number of aromatic nitrogens is 3. The van der Waals surface area contributed by atoms with Crippen molar-refractivity contribution in [2.24, 2.45) is 0 Å². The zero-order valence-corrected chi connectivity index (χ0v) is 12.7. The minimum Gasteiger partial charge on any atom is -0.338 e. The van der Waals surface area contributed by atoms with Crippen LogP contribution in [-0.4, -0.2) is 15.1 Å². The van der Waals surface area contributed by atoms with Crippen LogP contribution in [0, 0.1) is 0 Å². The fraction of sp³-hybridized carbons (Fsp3) is 0.533. The largest absolute Gasteiger partial charge is 0.338 e. The third-order valence-corrected chi connectivity index (χ3v) is 3.11. The fourth-order valence-corrected chi connectivity index (χ4v) is 1.88. The zero-order chi connectivity index (χ0) is 14.8. The predicted molar refractivity (Wildman–Crippen MR) is 77.2 cm³/mol. The molecule has 0 radical (unpaired) electrons. The maximum atomic E-state index is 5.35. The second-order valence-corrected chi connectivity index (χ2v) is 6.07. The Hall–Kier alpha value is -1.75. The van der Waals surface area contributed by atoms with Gasteiger partial charge < -0.3 is 4.52 Å². The van der Waals surface area contributed by atoms with Gasteiger partial charge in [-0.2, -0.15) is 4.98 Å². The first-order chi connectivity index (χ1) is 9.38. The van der Waals surface area contributed by atoms with Gasteiger partial charge in [-0.05, 0) is 26.0 Å². The Morgan fingerprint density at radius 1 is 1.15 bits per heavy atom. The zero-order valence-electron chi connectivity index (χ0n) is 12.7. The lowest BCUT2D eigenvalue weighted by Gasteiger charge is -2.16. The normalized spacial score (nSPS) is 15.1. The van der Waals surface area contributed by atoms with Crippen LogP contribution in [0.5, 0.6) is 0 Å². The molecular formula is C15H22N4O. The van der Waals surface area contributed by atoms with E-state index in [0.717, 1.165) is 11.5 Å². The van der Waals surface area contributed by atoms with Gasteiger partial charge in [0.25, 0.3) is 0 Å². The first-order valence-corrected chi connectivity index (χ1v) is 6.89. The van der Waals surface area contributed by atoms with Crippen molar-refractivity contribution < 1.29 is 4.52 Å². The molecule has 0 amide bonds. The van der Waals surface area contributed by atoms with Gasteiger partial charge in [0, 0.05) is 17.7 Å². The smallest absolute Gasteiger partial charge is 0.243 e. The van der Waals surface area contributed by atoms with E-state index in [1.165, 1.54) is 0 Å². The highest BCUT2D eigenvalue weighted by Gasteiger charge is 2.23. The van der Waals surface area contributed by atoms with E-state index in [1.54, 1.807) is 6.20 Å². The minimum absolute atomic E-state index is 0.0180. The second-order valence-electron chi connectivity index (χ2n) is 6.07. The molecule has 1 N–H and O–H groups in total. The Morgan fingerprint density at radius 3 is 2.45 bits per heavy atom. The molecule has 0 aromatic carbocycles. The fourth-order valence-electron chi connectivity index (χ4n) is 1.88. The number of pyridine rings is 1. The molecule has 0 aliphatic rings. The quantitative estimate of drug-likeness (QED) is 0.927. The lowest BCUT2D eigenvalue weighted by atomic mass is 9.96. The number of hydrogen-bond acceptors (Lipinski definition) is 5. The third kappa shape index (κ3) is 3.42. The lowest BCUT2D eigenvalue weighted by molar-refractivity contribution is 0.320. The minimum atomic E-state index is -0.103. The van der Waals surface area contributed by atoms with Crippen molar-refractivity contribution >= 4 is 0 Å². The molecule has 20 heavy (non-hydrogen) atoms. The Bertz CT molecular complexity index is 545. The summed E-state index contributed by atoms with van der Waals surface area (Å²) in [6, 6.07) is 5.99. The summed E-state index contributed by atoms with van der Waals surface area (Å²) >= 11 is 0. The van der Waals surface area contributed by atoms with E-state index in [9.17, 15) is 0 Å². The van der Waals surface area contributed by atoms with Crippen molar-refractivity contribution in [1.82, 2.24) is 20.4 Å². The van der Waals surface area contributed by atoms with Crippen LogP contribution in [-0.2, 0) is 5.41 Å². The van der Waals surface area contributed by atoms with Gasteiger partial charge in [-0.25, -0.2) is 0 Å². The standard InChI is InChI=1S/C15H22N4O/c1-10(12-8-6-7-9-16-12)17-11(2)13-18-14(19-20-13)15(3,4)5/h6-11,17H,1-5H3. The molecule has 0 spiro atoms. The molecular weight excluding hydrogens is 252 g/mol. The van der Waals surface area contributed by atoms with E-state index in [1.807, 2.05) is 25.1 Å². The number of hydrogen-bond donors (Lipinski definition) is 1. The second kappa shape index (κ2) is 5.71. The van der Waals surface area contributed by atoms with E-state index in [0.29, 0.717) is 5.89 Å². The van der Waals surface area contributed by atoms with E-state index in [-0.39, 0.29) is 17.5 Å². The summed E-state index contributed by atoms with van der Waals surface area (Å²) in [5.74, 6) is 1.34. The van der Waals surface area contributed by atoms with Crippen LogP contribution < -0.4 is 5.32 Å². The van der Waals surface area contributed by atoms with Gasteiger partial charge in [0.1, 0.15) is 0 Å². The first-order valence-electron chi connectivity index (χ1n) is 6.89. The first kappa shape index (κ1) is 14.7. The van der Waals surface area contributed by atoms with Crippen LogP contribution in [0.3, 0.4) is 0 Å². The maximum Gasteiger partial charge on any atom is 0.243 e. The maximum absolute atomic E-state index is 5.35. The van der Waals surface area contributed by atoms with E-state index >= 15 is 0 Å². The SMILES string of the molecule is CC(NC(C)c1nc(C(C)(C)C)no1)c1ccccn1. The molecule has 2 rings (SSSR count). The van der Waals surface area contributed by atoms with Crippen molar-refractivity contribution in [1.29, 1.82) is 0 Å². The van der Waals surface area contributed by atoms with Gasteiger partial charge in [-0.3, -0.25) is 10.3 Å². The van der Waals surface area contributed by atoms with Gasteiger partial charge in [0.05, 0.1) is 11.7 Å². The number of nitrogens with zero attached hydrogens (tertiary/aromatic N) is 3. The van der Waals surface area contributed by atoms with Crippen molar-refractivity contribution in [2.75, 3.05) is 0 Å². The summed E-state index contributed by atoms with van der Waals surface area (Å²) in [5.41, 5.74) is 0.892. The van der Waals surface area contributed by atoms with Gasteiger partial charge in [0.15, 0.2) is 5.82 Å². The summed E-state index contributed by atoms with van der Waals surface area (Å²) in [7, 11) is 0. The molecule has 0 aliphatic heterocycles. The van der Waals surface area contributed by atoms with E-state index in [4.69, 9.17) is 4.52 Å². The summed E-state index contributed by atoms with van der Waals surface area (Å²) in [4.78, 5) is 8.81. The summed E-state index contributed by atoms with van der Waals surface area (Å²) < 4.78 is 5.35. The molecule has 2 atom stereocenters. The predicted octanol–water partition coefficient (Wildman–Crippen LogP) is 3.17. The van der Waals surface area contributed by atoms with Crippen LogP contribution in [0.2, 0.25) is 0 Å². The molecule has 2 unspecified atom stereocenters. The summed E-state index contributed by atoms with van der Waals surface area (Å²) in [5, 5.41) is 7.47. The molecule has 5 nitrogen and oxygen atoms in total. The molecule has 0 bridgehead atoms. The molecule has 2 heterocycles. The average Bonchev–Trinajstić information content (AvgIpc) is 2.89. The topological polar surface area (TPSA) is 63.8 Å². The Labute approximate surface area is 119 Å². The molecule has 5 heteroatoms. The van der Waals surface area contributed by atoms with Gasteiger partial charge in [0.2, 0.25) is 5.89 Å². The molecule has 108 valence electrons. The van der Waals surface area contributed by atoms with E-state index < -0.39 is 0 Å². The van der Waals surface area contributed by atoms with Crippen molar-refractivity contribution in [3.05, 3.63) is 41.8 Å². The van der Waals surface area contributed by atoms with Crippen LogP contribution in [0.15, 0.2) is 28.9 Å². The lowest BCUT2D eigenvalue weighted by Crippen LogP contribution is -2.23. The van der Waals surface area contributed by atoms with Crippen molar-refractivity contribution in [3.63, 3.8) is 0 Å². The van der Waals surface area contributed by atoms with Gasteiger partial charge in [-0.1, -0.05) is 32.0 Å². The van der Waals surface area contributed by atoms with Crippen molar-refractivity contribution in [3.8, 4) is 0 Å². The Morgan fingerprint density at radius 2 is 1.90 bits per heavy atom. The molecule has 2 aromatic heterocycles. The van der Waals surface area contributed by atoms with E-state index in [2.05, 4.69) is 48.1 Å². The Balaban J connectivity index is 2.05. The summed E-state index contributed by atoms with van der Waals surface area (Å²) in [6.45, 7) is 10.3. The summed E-state index contributed by atoms with van der Waals surface area (Å²) in [6.07, 6.45) is 1.79. The molecule has 0 saturated heterocycles. The Kier molecular flexibility index (Phi) is 4.18. The van der Waals surface area contributed by atoms with Crippen LogP contribution in [0.1, 0.15) is 64.1 Å². The highest BCUT2D eigenvalue weighted by atomic mass is 16.5. The van der Waals surface area contributed by atoms with Gasteiger partial charge >= 0.3 is 0 Å². The monoisotopic (exact) mass is 274 g/mol. The van der Waals surface area contributed by atoms with Crippen LogP contribution >= 0.6 is 0 Å². The number of rotatable bonds is 4. The van der Waals surface area contributed by atoms with Crippen LogP contribution in [0.25, 0.3) is 0 Å². The molecule has 0 fully saturated rings. The van der Waals surface area contributed by atoms with Crippen LogP contribution in [0.4, 0.5) is 0 Å². The molecule has 2 aromatic rings. The van der Waals surface area contributed by atoms with Crippen molar-refractivity contribution in [2.45, 2.75) is 52.1 Å². The highest BCUT2D eigenvalue weighted by molar-refractivity contribution is 5.09. The molecule has 0 saturated carbocycles. The molecule has 0 aliphatic carbocycles. The van der Waals surface area contributed by atoms with Gasteiger partial charge in [-0.15, -0.1) is 0 Å². The average molecular weight is 274 g/mol. The highest BCUT2D eigenvalue weighted by Crippen LogP contribution is 2.22. The number of nitrogens with one attached hydrogen (secondary N) is 1.